The number of fused-ring (bicyclic) bond motifs is 1. The first kappa shape index (κ1) is 26.2. The van der Waals surface area contributed by atoms with Crippen LogP contribution in [-0.2, 0) is 31.3 Å². The van der Waals surface area contributed by atoms with Crippen LogP contribution in [0.5, 0.6) is 11.5 Å². The van der Waals surface area contributed by atoms with E-state index in [9.17, 15) is 0 Å². The number of methoxy groups -OCH3 is 1. The maximum absolute atomic E-state index is 5.93. The lowest BCUT2D eigenvalue weighted by molar-refractivity contribution is 0.195. The molecule has 0 fully saturated rings. The molecule has 1 atom stereocenters. The lowest BCUT2D eigenvalue weighted by Gasteiger charge is -2.14. The topological polar surface area (TPSA) is 94.8 Å². The molecule has 9 nitrogen and oxygen atoms in total. The van der Waals surface area contributed by atoms with Gasteiger partial charge in [-0.3, -0.25) is 0 Å². The molecular weight excluding hydrogens is 523 g/mol. The van der Waals surface area contributed by atoms with Gasteiger partial charge in [0.2, 0.25) is 0 Å². The molecule has 2 aromatic rings. The number of nitrogens with zero attached hydrogens (tertiary/aromatic N) is 4. The molecule has 0 saturated heterocycles. The number of hydrogen-bond acceptors (Lipinski definition) is 6. The molecule has 0 saturated carbocycles. The fraction of sp³-hybridized carbons (Fsp3) is 0.591. The van der Waals surface area contributed by atoms with Crippen molar-refractivity contribution in [3.8, 4) is 11.5 Å². The van der Waals surface area contributed by atoms with Crippen molar-refractivity contribution in [2.75, 3.05) is 26.9 Å². The van der Waals surface area contributed by atoms with E-state index in [-0.39, 0.29) is 30.1 Å². The fourth-order valence-corrected chi connectivity index (χ4v) is 3.42. The molecule has 1 aliphatic heterocycles. The van der Waals surface area contributed by atoms with E-state index in [0.29, 0.717) is 32.3 Å². The standard InChI is InChI=1S/C22H34N6O3.HI/c1-6-30-19-11-17-10-15(2)31-20(17)12-18(19)13-24-22(23-8-7-9-29-5)25-14-21-27-26-16(3)28(21)4;/h11-12,15H,6-10,13-14H2,1-5H3,(H2,23,24,25);1H. The number of rotatable bonds is 10. The minimum absolute atomic E-state index is 0. The molecule has 10 heteroatoms. The average Bonchev–Trinajstić information content (AvgIpc) is 3.27. The van der Waals surface area contributed by atoms with Gasteiger partial charge in [0.15, 0.2) is 11.8 Å². The smallest absolute Gasteiger partial charge is 0.191 e. The van der Waals surface area contributed by atoms with Crippen molar-refractivity contribution < 1.29 is 14.2 Å². The molecule has 1 aromatic carbocycles. The summed E-state index contributed by atoms with van der Waals surface area (Å²) in [4.78, 5) is 4.79. The second kappa shape index (κ2) is 12.8. The van der Waals surface area contributed by atoms with Gasteiger partial charge in [0.25, 0.3) is 0 Å². The number of halogens is 1. The van der Waals surface area contributed by atoms with Crippen LogP contribution in [0, 0.1) is 6.92 Å². The maximum atomic E-state index is 5.93. The van der Waals surface area contributed by atoms with E-state index >= 15 is 0 Å². The van der Waals surface area contributed by atoms with Crippen LogP contribution < -0.4 is 20.1 Å². The normalized spacial score (nSPS) is 15.0. The van der Waals surface area contributed by atoms with Gasteiger partial charge < -0.3 is 29.4 Å². The van der Waals surface area contributed by atoms with Gasteiger partial charge in [-0.25, -0.2) is 4.99 Å². The van der Waals surface area contributed by atoms with Crippen molar-refractivity contribution in [2.24, 2.45) is 12.0 Å². The summed E-state index contributed by atoms with van der Waals surface area (Å²) in [6, 6.07) is 4.15. The molecular formula is C22H35IN6O3. The predicted octanol–water partition coefficient (Wildman–Crippen LogP) is 2.74. The largest absolute Gasteiger partial charge is 0.494 e. The van der Waals surface area contributed by atoms with Crippen molar-refractivity contribution in [3.63, 3.8) is 0 Å². The van der Waals surface area contributed by atoms with Crippen LogP contribution in [0.15, 0.2) is 17.1 Å². The van der Waals surface area contributed by atoms with Gasteiger partial charge in [0, 0.05) is 44.9 Å². The van der Waals surface area contributed by atoms with Crippen LogP contribution in [0.3, 0.4) is 0 Å². The summed E-state index contributed by atoms with van der Waals surface area (Å²) in [6.45, 7) is 9.05. The highest BCUT2D eigenvalue weighted by Crippen LogP contribution is 2.35. The molecule has 0 spiro atoms. The Morgan fingerprint density at radius 3 is 2.81 bits per heavy atom. The highest BCUT2D eigenvalue weighted by atomic mass is 127. The SMILES string of the molecule is CCOc1cc2c(cc1CN=C(NCCCOC)NCc1nnc(C)n1C)OC(C)C2.I. The van der Waals surface area contributed by atoms with E-state index in [1.54, 1.807) is 7.11 Å². The lowest BCUT2D eigenvalue weighted by Crippen LogP contribution is -2.38. The second-order valence-electron chi connectivity index (χ2n) is 7.65. The molecule has 32 heavy (non-hydrogen) atoms. The van der Waals surface area contributed by atoms with Gasteiger partial charge in [-0.1, -0.05) is 0 Å². The Hall–Kier alpha value is -2.08. The van der Waals surface area contributed by atoms with Crippen molar-refractivity contribution in [1.82, 2.24) is 25.4 Å². The fourth-order valence-electron chi connectivity index (χ4n) is 3.42. The van der Waals surface area contributed by atoms with Crippen LogP contribution >= 0.6 is 24.0 Å². The zero-order chi connectivity index (χ0) is 22.2. The Morgan fingerprint density at radius 2 is 2.12 bits per heavy atom. The summed E-state index contributed by atoms with van der Waals surface area (Å²) in [5.41, 5.74) is 2.19. The van der Waals surface area contributed by atoms with E-state index in [2.05, 4.69) is 39.9 Å². The molecule has 178 valence electrons. The summed E-state index contributed by atoms with van der Waals surface area (Å²) >= 11 is 0. The Kier molecular flexibility index (Phi) is 10.5. The Balaban J connectivity index is 0.00000363. The summed E-state index contributed by atoms with van der Waals surface area (Å²) in [5, 5.41) is 15.0. The summed E-state index contributed by atoms with van der Waals surface area (Å²) < 4.78 is 18.9. The average molecular weight is 558 g/mol. The Labute approximate surface area is 207 Å². The molecule has 1 aliphatic rings. The third-order valence-corrected chi connectivity index (χ3v) is 5.20. The third kappa shape index (κ3) is 6.96. The minimum Gasteiger partial charge on any atom is -0.494 e. The quantitative estimate of drug-likeness (QED) is 0.201. The van der Waals surface area contributed by atoms with Crippen LogP contribution in [0.1, 0.15) is 43.0 Å². The van der Waals surface area contributed by atoms with Gasteiger partial charge in [-0.15, -0.1) is 34.2 Å². The maximum Gasteiger partial charge on any atom is 0.191 e. The van der Waals surface area contributed by atoms with Gasteiger partial charge in [-0.05, 0) is 39.3 Å². The molecule has 2 N–H and O–H groups in total. The highest BCUT2D eigenvalue weighted by molar-refractivity contribution is 14.0. The molecule has 0 amide bonds. The second-order valence-corrected chi connectivity index (χ2v) is 7.65. The summed E-state index contributed by atoms with van der Waals surface area (Å²) in [7, 11) is 3.66. The number of aliphatic imine (C=N–C) groups is 1. The Morgan fingerprint density at radius 1 is 1.31 bits per heavy atom. The number of guanidine groups is 1. The van der Waals surface area contributed by atoms with Crippen LogP contribution in [0.2, 0.25) is 0 Å². The monoisotopic (exact) mass is 558 g/mol. The van der Waals surface area contributed by atoms with E-state index in [1.807, 2.05) is 25.5 Å². The van der Waals surface area contributed by atoms with E-state index in [0.717, 1.165) is 48.1 Å². The number of ether oxygens (including phenoxy) is 3. The molecule has 0 radical (unpaired) electrons. The summed E-state index contributed by atoms with van der Waals surface area (Å²) in [6.07, 6.45) is 1.98. The number of aromatic nitrogens is 3. The molecule has 2 heterocycles. The van der Waals surface area contributed by atoms with E-state index < -0.39 is 0 Å². The Bertz CT molecular complexity index is 902. The molecule has 1 aromatic heterocycles. The van der Waals surface area contributed by atoms with E-state index in [4.69, 9.17) is 19.2 Å². The van der Waals surface area contributed by atoms with Crippen molar-refractivity contribution >= 4 is 29.9 Å². The highest BCUT2D eigenvalue weighted by Gasteiger charge is 2.21. The predicted molar refractivity (Wildman–Crippen MR) is 135 cm³/mol. The molecule has 0 aliphatic carbocycles. The number of aryl methyl sites for hydroxylation is 1. The number of nitrogens with one attached hydrogen (secondary N) is 2. The summed E-state index contributed by atoms with van der Waals surface area (Å²) in [5.74, 6) is 4.22. The number of hydrogen-bond donors (Lipinski definition) is 2. The molecule has 1 unspecified atom stereocenters. The minimum atomic E-state index is 0. The zero-order valence-corrected chi connectivity index (χ0v) is 21.9. The van der Waals surface area contributed by atoms with Crippen LogP contribution in [0.25, 0.3) is 0 Å². The van der Waals surface area contributed by atoms with Gasteiger partial charge in [0.1, 0.15) is 23.4 Å². The first-order valence-corrected chi connectivity index (χ1v) is 10.8. The molecule has 3 rings (SSSR count). The van der Waals surface area contributed by atoms with Crippen LogP contribution in [-0.4, -0.2) is 53.7 Å². The first-order valence-electron chi connectivity index (χ1n) is 10.8. The van der Waals surface area contributed by atoms with Crippen molar-refractivity contribution in [1.29, 1.82) is 0 Å². The third-order valence-electron chi connectivity index (χ3n) is 5.20. The van der Waals surface area contributed by atoms with Crippen LogP contribution in [0.4, 0.5) is 0 Å². The lowest BCUT2D eigenvalue weighted by atomic mass is 10.1. The van der Waals surface area contributed by atoms with Crippen molar-refractivity contribution in [3.05, 3.63) is 34.9 Å². The number of benzene rings is 1. The van der Waals surface area contributed by atoms with Gasteiger partial charge in [-0.2, -0.15) is 0 Å². The first-order chi connectivity index (χ1) is 15.0. The zero-order valence-electron chi connectivity index (χ0n) is 19.6. The molecule has 0 bridgehead atoms. The van der Waals surface area contributed by atoms with Crippen molar-refractivity contribution in [2.45, 2.75) is 52.8 Å². The van der Waals surface area contributed by atoms with Gasteiger partial charge in [0.05, 0.1) is 19.7 Å². The van der Waals surface area contributed by atoms with E-state index in [1.165, 1.54) is 5.56 Å². The van der Waals surface area contributed by atoms with Gasteiger partial charge >= 0.3 is 0 Å².